The Morgan fingerprint density at radius 1 is 0.986 bits per heavy atom. The smallest absolute Gasteiger partial charge is 0.408 e. The van der Waals surface area contributed by atoms with Crippen LogP contribution in [0, 0.1) is 17.8 Å². The summed E-state index contributed by atoms with van der Waals surface area (Å²) in [5, 5.41) is 28.8. The number of cyclic esters (lactones) is 1. The number of esters is 1. The molecule has 21 heteroatoms. The summed E-state index contributed by atoms with van der Waals surface area (Å²) in [6.07, 6.45) is -7.84. The predicted octanol–water partition coefficient (Wildman–Crippen LogP) is 3.81. The van der Waals surface area contributed by atoms with E-state index in [1.807, 2.05) is 11.8 Å². The summed E-state index contributed by atoms with van der Waals surface area (Å²) in [6, 6.07) is 3.75. The minimum absolute atomic E-state index is 0.0395. The molecule has 404 valence electrons. The Morgan fingerprint density at radius 3 is 2.23 bits per heavy atom. The molecule has 4 saturated heterocycles. The van der Waals surface area contributed by atoms with E-state index in [1.54, 1.807) is 74.6 Å². The van der Waals surface area contributed by atoms with Crippen LogP contribution >= 0.6 is 0 Å². The quantitative estimate of drug-likeness (QED) is 0.172. The maximum Gasteiger partial charge on any atom is 0.408 e. The van der Waals surface area contributed by atoms with Crippen LogP contribution in [0.3, 0.4) is 0 Å². The van der Waals surface area contributed by atoms with Crippen molar-refractivity contribution in [2.24, 2.45) is 17.8 Å². The molecule has 0 bridgehead atoms. The number of fused-ring (bicyclic) bond motifs is 1. The van der Waals surface area contributed by atoms with Crippen molar-refractivity contribution in [1.82, 2.24) is 15.5 Å². The summed E-state index contributed by atoms with van der Waals surface area (Å²) < 4.78 is 88.5. The van der Waals surface area contributed by atoms with Crippen molar-refractivity contribution in [2.45, 2.75) is 202 Å². The Bertz CT molecular complexity index is 2110. The second-order valence-corrected chi connectivity index (χ2v) is 22.9. The molecule has 4 unspecified atom stereocenters. The Kier molecular flexibility index (Phi) is 19.7. The first kappa shape index (κ1) is 58.5. The van der Waals surface area contributed by atoms with Gasteiger partial charge in [0.25, 0.3) is 0 Å². The minimum Gasteiger partial charge on any atom is -0.458 e. The summed E-state index contributed by atoms with van der Waals surface area (Å²) in [4.78, 5) is 56.9. The Morgan fingerprint density at radius 2 is 1.63 bits per heavy atom. The fourth-order valence-corrected chi connectivity index (χ4v) is 11.4. The van der Waals surface area contributed by atoms with E-state index < -0.39 is 142 Å². The van der Waals surface area contributed by atoms with E-state index in [2.05, 4.69) is 10.6 Å². The zero-order chi connectivity index (χ0) is 53.0. The highest BCUT2D eigenvalue weighted by Crippen LogP contribution is 2.42. The number of rotatable bonds is 16. The number of benzene rings is 1. The van der Waals surface area contributed by atoms with Gasteiger partial charge in [-0.25, -0.2) is 17.6 Å². The summed E-state index contributed by atoms with van der Waals surface area (Å²) in [5.41, 5.74) is -3.19. The molecule has 4 heterocycles. The molecule has 2 amide bonds. The van der Waals surface area contributed by atoms with Gasteiger partial charge in [-0.05, 0) is 92.0 Å². The molecule has 0 spiro atoms. The van der Waals surface area contributed by atoms with Gasteiger partial charge in [-0.1, -0.05) is 32.9 Å². The second kappa shape index (κ2) is 23.9. The number of Topliss-reactive ketones (excluding diaryl/α,β-unsaturated/α-hetero) is 1. The van der Waals surface area contributed by atoms with E-state index in [-0.39, 0.29) is 55.7 Å². The third-order valence-electron chi connectivity index (χ3n) is 15.6. The SMILES string of the molecule is CC[C@H]1OC(=O)[C@H](C)[C@@H](O[C@H]2CC(C)(OC)[C@@H](O)[C@H](C)O2)[C@H](C)[C@@H](O[C@@H]2O[C@H](C)C[C@H](N(C)CCC(=O)N[C@H](CF)Cc3ccc(S(C)(=O)=O)cc3)[C@H]2O)C(C)(OC)CCC(=O)[C@H](C)C2NC(=O)OC21C. The van der Waals surface area contributed by atoms with Crippen molar-refractivity contribution in [2.75, 3.05) is 40.7 Å². The molecule has 4 aliphatic rings. The molecular weight excluding hydrogens is 950 g/mol. The van der Waals surface area contributed by atoms with Crippen molar-refractivity contribution in [3.63, 3.8) is 0 Å². The number of alkyl carbamates (subject to hydrolysis) is 1. The van der Waals surface area contributed by atoms with E-state index in [9.17, 15) is 42.2 Å². The van der Waals surface area contributed by atoms with Gasteiger partial charge in [0.2, 0.25) is 5.91 Å². The van der Waals surface area contributed by atoms with E-state index in [0.29, 0.717) is 12.0 Å². The molecule has 4 N–H and O–H groups in total. The van der Waals surface area contributed by atoms with Gasteiger partial charge in [-0.15, -0.1) is 0 Å². The van der Waals surface area contributed by atoms with E-state index in [1.165, 1.54) is 26.4 Å². The van der Waals surface area contributed by atoms with Crippen LogP contribution in [-0.4, -0.2) is 178 Å². The van der Waals surface area contributed by atoms with Gasteiger partial charge in [0.1, 0.15) is 30.8 Å². The number of ketones is 1. The Hall–Kier alpha value is -3.38. The van der Waals surface area contributed by atoms with Crippen molar-refractivity contribution in [3.05, 3.63) is 29.8 Å². The topological polar surface area (TPSA) is 244 Å². The second-order valence-electron chi connectivity index (χ2n) is 20.9. The normalized spacial score (nSPS) is 39.1. The monoisotopic (exact) mass is 1030 g/mol. The number of hydrogen-bond donors (Lipinski definition) is 4. The van der Waals surface area contributed by atoms with Crippen LogP contribution in [0.5, 0.6) is 0 Å². The number of sulfone groups is 1. The van der Waals surface area contributed by atoms with Gasteiger partial charge in [0.05, 0.1) is 58.5 Å². The summed E-state index contributed by atoms with van der Waals surface area (Å²) in [5.74, 6) is -4.00. The summed E-state index contributed by atoms with van der Waals surface area (Å²) in [6.45, 7) is 14.9. The maximum atomic E-state index is 14.6. The number of aliphatic hydroxyl groups excluding tert-OH is 2. The molecule has 0 saturated carbocycles. The third-order valence-corrected chi connectivity index (χ3v) is 16.7. The van der Waals surface area contributed by atoms with Crippen molar-refractivity contribution >= 4 is 33.6 Å². The lowest BCUT2D eigenvalue weighted by atomic mass is 9.76. The van der Waals surface area contributed by atoms with Crippen LogP contribution in [0.25, 0.3) is 0 Å². The lowest BCUT2D eigenvalue weighted by Gasteiger charge is -2.49. The number of ether oxygens (including phenoxy) is 8. The van der Waals surface area contributed by atoms with Crippen LogP contribution in [0.2, 0.25) is 0 Å². The highest BCUT2D eigenvalue weighted by Gasteiger charge is 2.57. The largest absolute Gasteiger partial charge is 0.458 e. The minimum atomic E-state index is -3.41. The lowest BCUT2D eigenvalue weighted by Crippen LogP contribution is -2.61. The van der Waals surface area contributed by atoms with Crippen molar-refractivity contribution in [3.8, 4) is 0 Å². The molecule has 1 aromatic carbocycles. The molecule has 0 radical (unpaired) electrons. The fourth-order valence-electron chi connectivity index (χ4n) is 10.8. The van der Waals surface area contributed by atoms with Gasteiger partial charge in [0.15, 0.2) is 28.0 Å². The standard InChI is InChI=1S/C50H80FN3O16S/c1-14-37-50(9)42(53-47(60)70-50)28(3)36(55)19-21-48(7,63-11)44(29(4)41(30(5)45(59)67-37)68-39-25-49(8,64-12)43(58)31(6)66-39)69-46-40(57)35(23-27(2)65-46)54(10)22-20-38(56)52-33(26-51)24-32-15-17-34(18-16-32)71(13,61)62/h15-18,27-31,33,35,37,39-44,46,57-58H,14,19-26H2,1-13H3,(H,52,56)(H,53,60)/t27-,28+,29+,30-,31+,33+,35+,37-,39+,40-,41+,42?,43+,44-,46+,48?,49?,50?/m1/s1. The Balaban J connectivity index is 1.44. The number of methoxy groups -OCH3 is 2. The van der Waals surface area contributed by atoms with Crippen LogP contribution in [-0.2, 0) is 68.5 Å². The van der Waals surface area contributed by atoms with Gasteiger partial charge in [-0.2, -0.15) is 0 Å². The number of amides is 2. The first-order chi connectivity index (χ1) is 33.1. The van der Waals surface area contributed by atoms with E-state index >= 15 is 0 Å². The molecule has 4 aliphatic heterocycles. The molecule has 0 aromatic heterocycles. The molecule has 71 heavy (non-hydrogen) atoms. The number of likely N-dealkylation sites (N-methyl/N-ethyl adjacent to an activating group) is 1. The number of halogens is 1. The molecular formula is C50H80FN3O16S. The van der Waals surface area contributed by atoms with Gasteiger partial charge < -0.3 is 63.6 Å². The molecule has 5 rings (SSSR count). The first-order valence-electron chi connectivity index (χ1n) is 24.8. The average Bonchev–Trinajstić information content (AvgIpc) is 3.64. The molecule has 18 atom stereocenters. The maximum absolute atomic E-state index is 14.6. The van der Waals surface area contributed by atoms with Crippen LogP contribution in [0.1, 0.15) is 106 Å². The van der Waals surface area contributed by atoms with E-state index in [4.69, 9.17) is 37.9 Å². The molecule has 1 aromatic rings. The third kappa shape index (κ3) is 13.5. The molecule has 4 fully saturated rings. The summed E-state index contributed by atoms with van der Waals surface area (Å²) >= 11 is 0. The summed E-state index contributed by atoms with van der Waals surface area (Å²) in [7, 11) is 1.30. The number of carbonyl (C=O) groups excluding carboxylic acids is 4. The average molecular weight is 1030 g/mol. The van der Waals surface area contributed by atoms with Crippen LogP contribution in [0.4, 0.5) is 9.18 Å². The number of carbonyl (C=O) groups is 4. The number of alkyl halides is 1. The van der Waals surface area contributed by atoms with Gasteiger partial charge >= 0.3 is 12.1 Å². The van der Waals surface area contributed by atoms with Crippen molar-refractivity contribution < 1.29 is 80.1 Å². The van der Waals surface area contributed by atoms with Crippen LogP contribution < -0.4 is 10.6 Å². The first-order valence-corrected chi connectivity index (χ1v) is 26.7. The fraction of sp³-hybridized carbons (Fsp3) is 0.800. The number of nitrogens with zero attached hydrogens (tertiary/aromatic N) is 1. The lowest BCUT2D eigenvalue weighted by molar-refractivity contribution is -0.319. The molecule has 19 nitrogen and oxygen atoms in total. The highest BCUT2D eigenvalue weighted by molar-refractivity contribution is 7.90. The zero-order valence-electron chi connectivity index (χ0n) is 43.7. The van der Waals surface area contributed by atoms with Crippen LogP contribution in [0.15, 0.2) is 29.2 Å². The van der Waals surface area contributed by atoms with E-state index in [0.717, 1.165) is 6.26 Å². The predicted molar refractivity (Wildman–Crippen MR) is 256 cm³/mol. The Labute approximate surface area is 418 Å². The highest BCUT2D eigenvalue weighted by atomic mass is 32.2. The number of aliphatic hydroxyl groups is 2. The number of hydrogen-bond acceptors (Lipinski definition) is 17. The van der Waals surface area contributed by atoms with Gasteiger partial charge in [0, 0.05) is 64.2 Å². The van der Waals surface area contributed by atoms with Gasteiger partial charge in [-0.3, -0.25) is 14.4 Å². The van der Waals surface area contributed by atoms with Crippen molar-refractivity contribution in [1.29, 1.82) is 0 Å². The molecule has 0 aliphatic carbocycles. The zero-order valence-corrected chi connectivity index (χ0v) is 44.5. The number of nitrogens with one attached hydrogen (secondary N) is 2.